The van der Waals surface area contributed by atoms with Crippen LogP contribution in [0.5, 0.6) is 0 Å². The van der Waals surface area contributed by atoms with Crippen LogP contribution in [0.4, 0.5) is 0 Å². The van der Waals surface area contributed by atoms with E-state index in [1.165, 1.54) is 0 Å². The fraction of sp³-hybridized carbons (Fsp3) is 0.500. The minimum absolute atomic E-state index is 0.0283. The summed E-state index contributed by atoms with van der Waals surface area (Å²) in [7, 11) is 0. The number of Topliss-reactive ketones (excluding diaryl/α,β-unsaturated/α-hetero) is 2. The number of aryl methyl sites for hydroxylation is 1. The highest BCUT2D eigenvalue weighted by atomic mass is 16.2. The molecule has 0 aliphatic carbocycles. The maximum atomic E-state index is 12.2. The zero-order valence-electron chi connectivity index (χ0n) is 11.7. The second-order valence-electron chi connectivity index (χ2n) is 5.55. The van der Waals surface area contributed by atoms with Crippen molar-refractivity contribution in [2.75, 3.05) is 0 Å². The Balaban J connectivity index is 2.63. The van der Waals surface area contributed by atoms with Crippen molar-refractivity contribution in [1.82, 2.24) is 0 Å². The first-order chi connectivity index (χ1) is 8.35. The number of benzene rings is 1. The zero-order chi connectivity index (χ0) is 13.8. The van der Waals surface area contributed by atoms with Gasteiger partial charge < -0.3 is 0 Å². The average Bonchev–Trinajstić information content (AvgIpc) is 2.35. The number of hydrogen-bond donors (Lipinski definition) is 0. The zero-order valence-corrected chi connectivity index (χ0v) is 11.7. The molecule has 98 valence electrons. The third-order valence-electron chi connectivity index (χ3n) is 3.32. The lowest BCUT2D eigenvalue weighted by Gasteiger charge is -2.23. The predicted octanol–water partition coefficient (Wildman–Crippen LogP) is 3.44. The van der Waals surface area contributed by atoms with E-state index in [-0.39, 0.29) is 17.5 Å². The second kappa shape index (κ2) is 5.94. The molecule has 0 radical (unpaired) electrons. The fourth-order valence-corrected chi connectivity index (χ4v) is 2.07. The summed E-state index contributed by atoms with van der Waals surface area (Å²) in [6, 6.07) is 9.89. The smallest absolute Gasteiger partial charge is 0.148 e. The quantitative estimate of drug-likeness (QED) is 0.720. The van der Waals surface area contributed by atoms with Gasteiger partial charge in [0.15, 0.2) is 0 Å². The van der Waals surface area contributed by atoms with Crippen molar-refractivity contribution in [1.29, 1.82) is 0 Å². The van der Waals surface area contributed by atoms with Crippen molar-refractivity contribution in [2.24, 2.45) is 11.3 Å². The van der Waals surface area contributed by atoms with E-state index in [0.29, 0.717) is 12.8 Å². The van der Waals surface area contributed by atoms with E-state index in [0.717, 1.165) is 5.56 Å². The summed E-state index contributed by atoms with van der Waals surface area (Å²) in [5.74, 6) is -0.0358. The van der Waals surface area contributed by atoms with Crippen molar-refractivity contribution in [3.63, 3.8) is 0 Å². The van der Waals surface area contributed by atoms with E-state index in [1.54, 1.807) is 13.8 Å². The Morgan fingerprint density at radius 1 is 1.11 bits per heavy atom. The molecule has 0 saturated carbocycles. The van der Waals surface area contributed by atoms with Crippen LogP contribution in [0.15, 0.2) is 30.3 Å². The third-order valence-corrected chi connectivity index (χ3v) is 3.32. The highest BCUT2D eigenvalue weighted by Crippen LogP contribution is 2.24. The minimum Gasteiger partial charge on any atom is -0.299 e. The van der Waals surface area contributed by atoms with E-state index in [2.05, 4.69) is 0 Å². The number of rotatable bonds is 6. The van der Waals surface area contributed by atoms with Crippen LogP contribution in [0.3, 0.4) is 0 Å². The Hall–Kier alpha value is -1.44. The average molecular weight is 246 g/mol. The molecule has 0 bridgehead atoms. The van der Waals surface area contributed by atoms with Gasteiger partial charge in [-0.25, -0.2) is 0 Å². The molecule has 2 heteroatoms. The summed E-state index contributed by atoms with van der Waals surface area (Å²) in [6.45, 7) is 7.16. The molecular weight excluding hydrogens is 224 g/mol. The highest BCUT2D eigenvalue weighted by Gasteiger charge is 2.36. The van der Waals surface area contributed by atoms with Gasteiger partial charge in [-0.15, -0.1) is 0 Å². The molecule has 0 saturated heterocycles. The van der Waals surface area contributed by atoms with Crippen LogP contribution in [0.2, 0.25) is 0 Å². The maximum absolute atomic E-state index is 12.2. The van der Waals surface area contributed by atoms with E-state index in [9.17, 15) is 9.59 Å². The summed E-state index contributed by atoms with van der Waals surface area (Å²) < 4.78 is 0. The lowest BCUT2D eigenvalue weighted by Crippen LogP contribution is -2.36. The number of hydrogen-bond acceptors (Lipinski definition) is 2. The number of carbonyl (C=O) groups is 2. The molecule has 1 aromatic carbocycles. The highest BCUT2D eigenvalue weighted by molar-refractivity contribution is 6.06. The Kier molecular flexibility index (Phi) is 4.83. The molecule has 2 nitrogen and oxygen atoms in total. The lowest BCUT2D eigenvalue weighted by atomic mass is 9.77. The molecule has 0 fully saturated rings. The minimum atomic E-state index is -0.858. The first-order valence-corrected chi connectivity index (χ1v) is 6.47. The SMILES string of the molecule is CC(C)C(=O)C(C)(C)C(=O)CCc1ccccc1. The Labute approximate surface area is 109 Å². The molecule has 0 spiro atoms. The molecule has 0 aliphatic rings. The van der Waals surface area contributed by atoms with Crippen LogP contribution in [-0.4, -0.2) is 11.6 Å². The van der Waals surface area contributed by atoms with Gasteiger partial charge >= 0.3 is 0 Å². The van der Waals surface area contributed by atoms with Crippen LogP contribution in [-0.2, 0) is 16.0 Å². The molecule has 0 N–H and O–H groups in total. The van der Waals surface area contributed by atoms with Gasteiger partial charge in [0.2, 0.25) is 0 Å². The standard InChI is InChI=1S/C16H22O2/c1-12(2)15(18)16(3,4)14(17)11-10-13-8-6-5-7-9-13/h5-9,12H,10-11H2,1-4H3. The molecule has 0 aliphatic heterocycles. The molecule has 0 amide bonds. The predicted molar refractivity (Wildman–Crippen MR) is 73.4 cm³/mol. The molecule has 0 unspecified atom stereocenters. The summed E-state index contributed by atoms with van der Waals surface area (Å²) in [4.78, 5) is 24.2. The van der Waals surface area contributed by atoms with Crippen molar-refractivity contribution in [3.8, 4) is 0 Å². The largest absolute Gasteiger partial charge is 0.299 e. The molecule has 18 heavy (non-hydrogen) atoms. The molecule has 0 aromatic heterocycles. The topological polar surface area (TPSA) is 34.1 Å². The summed E-state index contributed by atoms with van der Waals surface area (Å²) in [5.41, 5.74) is 0.279. The maximum Gasteiger partial charge on any atom is 0.148 e. The second-order valence-corrected chi connectivity index (χ2v) is 5.55. The van der Waals surface area contributed by atoms with Crippen LogP contribution in [0.25, 0.3) is 0 Å². The summed E-state index contributed by atoms with van der Waals surface area (Å²) >= 11 is 0. The molecule has 0 atom stereocenters. The first-order valence-electron chi connectivity index (χ1n) is 6.47. The molecular formula is C16H22O2. The molecule has 1 aromatic rings. The van der Waals surface area contributed by atoms with Gasteiger partial charge in [0.25, 0.3) is 0 Å². The molecule has 1 rings (SSSR count). The van der Waals surface area contributed by atoms with Crippen LogP contribution >= 0.6 is 0 Å². The Morgan fingerprint density at radius 3 is 2.17 bits per heavy atom. The van der Waals surface area contributed by atoms with Gasteiger partial charge in [0.05, 0.1) is 5.41 Å². The van der Waals surface area contributed by atoms with Gasteiger partial charge in [0, 0.05) is 12.3 Å². The lowest BCUT2D eigenvalue weighted by molar-refractivity contribution is -0.140. The van der Waals surface area contributed by atoms with Crippen LogP contribution < -0.4 is 0 Å². The van der Waals surface area contributed by atoms with Crippen LogP contribution in [0.1, 0.15) is 39.7 Å². The van der Waals surface area contributed by atoms with Gasteiger partial charge in [0.1, 0.15) is 11.6 Å². The summed E-state index contributed by atoms with van der Waals surface area (Å²) in [6.07, 6.45) is 1.13. The van der Waals surface area contributed by atoms with E-state index >= 15 is 0 Å². The van der Waals surface area contributed by atoms with Gasteiger partial charge in [-0.2, -0.15) is 0 Å². The number of ketones is 2. The van der Waals surface area contributed by atoms with E-state index in [1.807, 2.05) is 44.2 Å². The third kappa shape index (κ3) is 3.52. The van der Waals surface area contributed by atoms with Crippen molar-refractivity contribution >= 4 is 11.6 Å². The van der Waals surface area contributed by atoms with Crippen molar-refractivity contribution in [3.05, 3.63) is 35.9 Å². The van der Waals surface area contributed by atoms with Crippen LogP contribution in [0, 0.1) is 11.3 Å². The van der Waals surface area contributed by atoms with Gasteiger partial charge in [-0.3, -0.25) is 9.59 Å². The van der Waals surface area contributed by atoms with Gasteiger partial charge in [-0.05, 0) is 25.8 Å². The van der Waals surface area contributed by atoms with Gasteiger partial charge in [-0.1, -0.05) is 44.2 Å². The first kappa shape index (κ1) is 14.6. The summed E-state index contributed by atoms with van der Waals surface area (Å²) in [5, 5.41) is 0. The monoisotopic (exact) mass is 246 g/mol. The van der Waals surface area contributed by atoms with Crippen molar-refractivity contribution < 1.29 is 9.59 Å². The van der Waals surface area contributed by atoms with E-state index < -0.39 is 5.41 Å². The van der Waals surface area contributed by atoms with Crippen molar-refractivity contribution in [2.45, 2.75) is 40.5 Å². The Bertz CT molecular complexity index is 416. The normalized spacial score (nSPS) is 11.6. The van der Waals surface area contributed by atoms with E-state index in [4.69, 9.17) is 0 Å². The molecule has 0 heterocycles. The number of carbonyl (C=O) groups excluding carboxylic acids is 2. The Morgan fingerprint density at radius 2 is 1.67 bits per heavy atom. The fourth-order valence-electron chi connectivity index (χ4n) is 2.07.